The molecule has 0 spiro atoms. The molecule has 1 heterocycles. The Morgan fingerprint density at radius 1 is 1.06 bits per heavy atom. The lowest BCUT2D eigenvalue weighted by Gasteiger charge is -2.22. The third kappa shape index (κ3) is 3.67. The SMILES string of the molecule is COc1ccc(OC)c(NC(=O)c2cccc(N3C(=O)[C@@H]4[C@@H](C)C=CC[C@H]4C3=O)c2)c1. The second-order valence-corrected chi connectivity index (χ2v) is 7.74. The minimum atomic E-state index is -0.389. The van der Waals surface area contributed by atoms with E-state index in [1.165, 1.54) is 19.1 Å². The molecule has 1 N–H and O–H groups in total. The van der Waals surface area contributed by atoms with Crippen LogP contribution < -0.4 is 19.7 Å². The van der Waals surface area contributed by atoms with E-state index in [4.69, 9.17) is 9.47 Å². The van der Waals surface area contributed by atoms with Crippen LogP contribution in [0.4, 0.5) is 11.4 Å². The Balaban J connectivity index is 1.60. The number of hydrogen-bond acceptors (Lipinski definition) is 5. The number of fused-ring (bicyclic) bond motifs is 1. The Labute approximate surface area is 180 Å². The van der Waals surface area contributed by atoms with Gasteiger partial charge in [-0.05, 0) is 42.7 Å². The maximum atomic E-state index is 13.0. The number of benzene rings is 2. The standard InChI is InChI=1S/C24H24N2O5/c1-14-6-4-9-18-21(14)24(29)26(23(18)28)16-8-5-7-15(12-16)22(27)25-19-13-17(30-2)10-11-20(19)31-3/h4-8,10-14,18,21H,9H2,1-3H3,(H,25,27)/t14-,18+,21+/m0/s1. The molecule has 160 valence electrons. The van der Waals surface area contributed by atoms with Gasteiger partial charge in [0.1, 0.15) is 11.5 Å². The third-order valence-electron chi connectivity index (χ3n) is 5.89. The van der Waals surface area contributed by atoms with Gasteiger partial charge in [0, 0.05) is 11.6 Å². The number of carbonyl (C=O) groups is 3. The highest BCUT2D eigenvalue weighted by atomic mass is 16.5. The van der Waals surface area contributed by atoms with Crippen molar-refractivity contribution in [3.8, 4) is 11.5 Å². The Morgan fingerprint density at radius 3 is 2.58 bits per heavy atom. The molecule has 4 rings (SSSR count). The largest absolute Gasteiger partial charge is 0.497 e. The van der Waals surface area contributed by atoms with Gasteiger partial charge in [-0.2, -0.15) is 0 Å². The Kier molecular flexibility index (Phi) is 5.50. The van der Waals surface area contributed by atoms with Crippen molar-refractivity contribution in [2.45, 2.75) is 13.3 Å². The zero-order chi connectivity index (χ0) is 22.1. The van der Waals surface area contributed by atoms with Crippen LogP contribution in [0.25, 0.3) is 0 Å². The number of anilines is 2. The topological polar surface area (TPSA) is 84.9 Å². The minimum Gasteiger partial charge on any atom is -0.497 e. The van der Waals surface area contributed by atoms with E-state index in [9.17, 15) is 14.4 Å². The predicted octanol–water partition coefficient (Wildman–Crippen LogP) is 3.66. The van der Waals surface area contributed by atoms with E-state index in [0.29, 0.717) is 34.9 Å². The number of rotatable bonds is 5. The van der Waals surface area contributed by atoms with Crippen molar-refractivity contribution in [1.82, 2.24) is 0 Å². The number of nitrogens with one attached hydrogen (secondary N) is 1. The second kappa shape index (κ2) is 8.26. The van der Waals surface area contributed by atoms with E-state index in [-0.39, 0.29) is 35.5 Å². The smallest absolute Gasteiger partial charge is 0.255 e. The van der Waals surface area contributed by atoms with Crippen molar-refractivity contribution in [2.75, 3.05) is 24.4 Å². The fraction of sp³-hybridized carbons (Fsp3) is 0.292. The van der Waals surface area contributed by atoms with Crippen LogP contribution in [0.5, 0.6) is 11.5 Å². The van der Waals surface area contributed by atoms with Gasteiger partial charge in [-0.3, -0.25) is 19.3 Å². The summed E-state index contributed by atoms with van der Waals surface area (Å²) in [5.74, 6) is -0.435. The fourth-order valence-corrected chi connectivity index (χ4v) is 4.29. The van der Waals surface area contributed by atoms with E-state index in [1.54, 1.807) is 42.5 Å². The van der Waals surface area contributed by atoms with Gasteiger partial charge < -0.3 is 14.8 Å². The Hall–Kier alpha value is -3.61. The Morgan fingerprint density at radius 2 is 1.87 bits per heavy atom. The zero-order valence-corrected chi connectivity index (χ0v) is 17.6. The summed E-state index contributed by atoms with van der Waals surface area (Å²) < 4.78 is 10.5. The number of nitrogens with zero attached hydrogens (tertiary/aromatic N) is 1. The first kappa shape index (κ1) is 20.7. The van der Waals surface area contributed by atoms with Crippen LogP contribution in [-0.4, -0.2) is 31.9 Å². The highest BCUT2D eigenvalue weighted by molar-refractivity contribution is 6.22. The summed E-state index contributed by atoms with van der Waals surface area (Å²) in [6, 6.07) is 11.6. The van der Waals surface area contributed by atoms with Crippen molar-refractivity contribution >= 4 is 29.1 Å². The molecule has 1 fully saturated rings. The van der Waals surface area contributed by atoms with Crippen LogP contribution in [0.1, 0.15) is 23.7 Å². The number of allylic oxidation sites excluding steroid dienone is 2. The molecule has 0 unspecified atom stereocenters. The summed E-state index contributed by atoms with van der Waals surface area (Å²) in [6.45, 7) is 1.95. The molecule has 3 amide bonds. The van der Waals surface area contributed by atoms with Crippen LogP contribution in [0, 0.1) is 17.8 Å². The minimum absolute atomic E-state index is 0.00667. The lowest BCUT2D eigenvalue weighted by Crippen LogP contribution is -2.31. The van der Waals surface area contributed by atoms with Gasteiger partial charge in [-0.15, -0.1) is 0 Å². The van der Waals surface area contributed by atoms with Gasteiger partial charge in [-0.1, -0.05) is 25.1 Å². The van der Waals surface area contributed by atoms with Crippen molar-refractivity contribution in [1.29, 1.82) is 0 Å². The van der Waals surface area contributed by atoms with Crippen LogP contribution >= 0.6 is 0 Å². The van der Waals surface area contributed by atoms with Gasteiger partial charge >= 0.3 is 0 Å². The lowest BCUT2D eigenvalue weighted by atomic mass is 9.78. The summed E-state index contributed by atoms with van der Waals surface area (Å²) in [7, 11) is 3.05. The molecule has 7 heteroatoms. The van der Waals surface area contributed by atoms with Crippen molar-refractivity contribution < 1.29 is 23.9 Å². The highest BCUT2D eigenvalue weighted by Crippen LogP contribution is 2.40. The van der Waals surface area contributed by atoms with E-state index < -0.39 is 0 Å². The first-order chi connectivity index (χ1) is 14.9. The summed E-state index contributed by atoms with van der Waals surface area (Å²) in [4.78, 5) is 40.1. The van der Waals surface area contributed by atoms with Crippen LogP contribution in [-0.2, 0) is 9.59 Å². The fourth-order valence-electron chi connectivity index (χ4n) is 4.29. The van der Waals surface area contributed by atoms with E-state index >= 15 is 0 Å². The van der Waals surface area contributed by atoms with Crippen molar-refractivity contribution in [3.05, 3.63) is 60.2 Å². The molecule has 2 aliphatic rings. The van der Waals surface area contributed by atoms with Crippen LogP contribution in [0.3, 0.4) is 0 Å². The molecule has 31 heavy (non-hydrogen) atoms. The first-order valence-corrected chi connectivity index (χ1v) is 10.1. The molecule has 2 aromatic carbocycles. The summed E-state index contributed by atoms with van der Waals surface area (Å²) in [5, 5.41) is 2.81. The van der Waals surface area contributed by atoms with E-state index in [2.05, 4.69) is 5.32 Å². The third-order valence-corrected chi connectivity index (χ3v) is 5.89. The monoisotopic (exact) mass is 420 g/mol. The average molecular weight is 420 g/mol. The molecule has 3 atom stereocenters. The molecule has 0 radical (unpaired) electrons. The van der Waals surface area contributed by atoms with Crippen molar-refractivity contribution in [2.24, 2.45) is 17.8 Å². The number of imide groups is 1. The molecule has 1 saturated heterocycles. The number of amides is 3. The van der Waals surface area contributed by atoms with Gasteiger partial charge in [0.2, 0.25) is 11.8 Å². The number of carbonyl (C=O) groups excluding carboxylic acids is 3. The predicted molar refractivity (Wildman–Crippen MR) is 116 cm³/mol. The van der Waals surface area contributed by atoms with Gasteiger partial charge in [0.05, 0.1) is 37.4 Å². The Bertz CT molecular complexity index is 1080. The van der Waals surface area contributed by atoms with Crippen LogP contribution in [0.2, 0.25) is 0 Å². The maximum absolute atomic E-state index is 13.0. The van der Waals surface area contributed by atoms with Gasteiger partial charge in [-0.25, -0.2) is 0 Å². The average Bonchev–Trinajstić information content (AvgIpc) is 3.04. The molecule has 0 bridgehead atoms. The van der Waals surface area contributed by atoms with Crippen molar-refractivity contribution in [3.63, 3.8) is 0 Å². The number of ether oxygens (including phenoxy) is 2. The summed E-state index contributed by atoms with van der Waals surface area (Å²) in [5.41, 5.74) is 1.18. The lowest BCUT2D eigenvalue weighted by molar-refractivity contribution is -0.122. The molecular weight excluding hydrogens is 396 g/mol. The quantitative estimate of drug-likeness (QED) is 0.589. The van der Waals surface area contributed by atoms with Gasteiger partial charge in [0.25, 0.3) is 5.91 Å². The molecule has 2 aromatic rings. The molecular formula is C24H24N2O5. The molecule has 0 saturated carbocycles. The van der Waals surface area contributed by atoms with E-state index in [0.717, 1.165) is 0 Å². The summed E-state index contributed by atoms with van der Waals surface area (Å²) in [6.07, 6.45) is 4.51. The van der Waals surface area contributed by atoms with Gasteiger partial charge in [0.15, 0.2) is 0 Å². The highest BCUT2D eigenvalue weighted by Gasteiger charge is 2.50. The second-order valence-electron chi connectivity index (χ2n) is 7.74. The molecule has 0 aromatic heterocycles. The number of hydrogen-bond donors (Lipinski definition) is 1. The first-order valence-electron chi connectivity index (χ1n) is 10.1. The normalized spacial score (nSPS) is 22.3. The van der Waals surface area contributed by atoms with E-state index in [1.807, 2.05) is 19.1 Å². The summed E-state index contributed by atoms with van der Waals surface area (Å²) >= 11 is 0. The molecule has 1 aliphatic carbocycles. The zero-order valence-electron chi connectivity index (χ0n) is 17.6. The maximum Gasteiger partial charge on any atom is 0.255 e. The molecule has 1 aliphatic heterocycles. The number of methoxy groups -OCH3 is 2. The van der Waals surface area contributed by atoms with Crippen LogP contribution in [0.15, 0.2) is 54.6 Å². The molecule has 7 nitrogen and oxygen atoms in total.